The molecular weight excluding hydrogens is 240 g/mol. The van der Waals surface area contributed by atoms with Crippen LogP contribution < -0.4 is 5.32 Å². The van der Waals surface area contributed by atoms with E-state index in [2.05, 4.69) is 17.6 Å². The molecule has 0 saturated heterocycles. The van der Waals surface area contributed by atoms with Crippen LogP contribution in [-0.4, -0.2) is 17.6 Å². The van der Waals surface area contributed by atoms with Gasteiger partial charge >= 0.3 is 5.97 Å². The van der Waals surface area contributed by atoms with E-state index in [1.165, 1.54) is 12.7 Å². The third kappa shape index (κ3) is 3.16. The van der Waals surface area contributed by atoms with E-state index in [1.807, 2.05) is 36.9 Å². The van der Waals surface area contributed by atoms with Crippen LogP contribution in [0.2, 0.25) is 0 Å². The van der Waals surface area contributed by atoms with E-state index in [0.717, 1.165) is 17.8 Å². The third-order valence-corrected chi connectivity index (χ3v) is 3.02. The van der Waals surface area contributed by atoms with Gasteiger partial charge in [-0.15, -0.1) is 0 Å². The summed E-state index contributed by atoms with van der Waals surface area (Å²) in [5.74, 6) is -0.308. The molecular formula is C15H18N2O2. The van der Waals surface area contributed by atoms with Gasteiger partial charge in [0.05, 0.1) is 12.7 Å². The first-order valence-corrected chi connectivity index (χ1v) is 6.14. The Balaban J connectivity index is 2.07. The zero-order valence-corrected chi connectivity index (χ0v) is 11.4. The lowest BCUT2D eigenvalue weighted by Gasteiger charge is -2.10. The summed E-state index contributed by atoms with van der Waals surface area (Å²) < 4.78 is 6.72. The molecule has 1 N–H and O–H groups in total. The van der Waals surface area contributed by atoms with Gasteiger partial charge in [0.25, 0.3) is 0 Å². The van der Waals surface area contributed by atoms with Gasteiger partial charge in [0, 0.05) is 31.7 Å². The van der Waals surface area contributed by atoms with Gasteiger partial charge in [-0.3, -0.25) is 0 Å². The second-order valence-corrected chi connectivity index (χ2v) is 4.56. The number of hydrogen-bond acceptors (Lipinski definition) is 3. The molecule has 2 rings (SSSR count). The number of aromatic nitrogens is 1. The summed E-state index contributed by atoms with van der Waals surface area (Å²) in [6.45, 7) is 2.74. The van der Waals surface area contributed by atoms with E-state index in [4.69, 9.17) is 4.74 Å². The monoisotopic (exact) mass is 258 g/mol. The summed E-state index contributed by atoms with van der Waals surface area (Å²) >= 11 is 0. The van der Waals surface area contributed by atoms with Crippen molar-refractivity contribution in [1.82, 2.24) is 4.57 Å². The molecule has 0 aliphatic rings. The lowest BCUT2D eigenvalue weighted by molar-refractivity contribution is 0.0600. The topological polar surface area (TPSA) is 43.3 Å². The lowest BCUT2D eigenvalue weighted by atomic mass is 10.1. The Labute approximate surface area is 113 Å². The quantitative estimate of drug-likeness (QED) is 0.857. The minimum absolute atomic E-state index is 0.308. The van der Waals surface area contributed by atoms with Gasteiger partial charge in [-0.1, -0.05) is 0 Å². The van der Waals surface area contributed by atoms with Crippen LogP contribution in [-0.2, 0) is 18.3 Å². The van der Waals surface area contributed by atoms with Crippen LogP contribution in [0, 0.1) is 6.92 Å². The summed E-state index contributed by atoms with van der Waals surface area (Å²) in [4.78, 5) is 11.4. The van der Waals surface area contributed by atoms with E-state index >= 15 is 0 Å². The fourth-order valence-corrected chi connectivity index (χ4v) is 1.97. The maximum atomic E-state index is 11.4. The van der Waals surface area contributed by atoms with E-state index < -0.39 is 0 Å². The lowest BCUT2D eigenvalue weighted by Crippen LogP contribution is -2.04. The van der Waals surface area contributed by atoms with Crippen LogP contribution in [0.25, 0.3) is 0 Å². The fraction of sp³-hybridized carbons (Fsp3) is 0.267. The molecule has 0 atom stereocenters. The Kier molecular flexibility index (Phi) is 3.90. The third-order valence-electron chi connectivity index (χ3n) is 3.02. The Morgan fingerprint density at radius 3 is 2.74 bits per heavy atom. The number of nitrogens with one attached hydrogen (secondary N) is 1. The molecule has 2 aromatic rings. The van der Waals surface area contributed by atoms with Crippen molar-refractivity contribution >= 4 is 11.7 Å². The number of ether oxygens (including phenoxy) is 1. The van der Waals surface area contributed by atoms with E-state index in [0.29, 0.717) is 5.56 Å². The number of carbonyl (C=O) groups excluding carboxylic acids is 1. The highest BCUT2D eigenvalue weighted by atomic mass is 16.5. The first-order chi connectivity index (χ1) is 9.10. The van der Waals surface area contributed by atoms with Gasteiger partial charge in [-0.2, -0.15) is 0 Å². The fourth-order valence-electron chi connectivity index (χ4n) is 1.97. The molecule has 0 amide bonds. The molecule has 100 valence electrons. The smallest absolute Gasteiger partial charge is 0.337 e. The Morgan fingerprint density at radius 2 is 2.16 bits per heavy atom. The predicted octanol–water partition coefficient (Wildman–Crippen LogP) is 2.73. The van der Waals surface area contributed by atoms with Crippen LogP contribution in [0.4, 0.5) is 5.69 Å². The molecule has 0 unspecified atom stereocenters. The number of hydrogen-bond donors (Lipinski definition) is 1. The van der Waals surface area contributed by atoms with E-state index in [1.54, 1.807) is 6.07 Å². The molecule has 4 nitrogen and oxygen atoms in total. The summed E-state index contributed by atoms with van der Waals surface area (Å²) in [6.07, 6.45) is 4.09. The second-order valence-electron chi connectivity index (χ2n) is 4.56. The summed E-state index contributed by atoms with van der Waals surface area (Å²) in [7, 11) is 3.39. The number of benzene rings is 1. The van der Waals surface area contributed by atoms with Crippen molar-refractivity contribution in [3.8, 4) is 0 Å². The number of methoxy groups -OCH3 is 1. The van der Waals surface area contributed by atoms with Crippen molar-refractivity contribution in [3.63, 3.8) is 0 Å². The molecule has 0 aliphatic heterocycles. The molecule has 19 heavy (non-hydrogen) atoms. The van der Waals surface area contributed by atoms with Gasteiger partial charge in [0.15, 0.2) is 0 Å². The largest absolute Gasteiger partial charge is 0.465 e. The van der Waals surface area contributed by atoms with Gasteiger partial charge in [0.1, 0.15) is 0 Å². The maximum absolute atomic E-state index is 11.4. The molecule has 0 saturated carbocycles. The molecule has 0 spiro atoms. The Hall–Kier alpha value is -2.23. The number of rotatable bonds is 4. The summed E-state index contributed by atoms with van der Waals surface area (Å²) in [5.41, 5.74) is 3.85. The zero-order valence-electron chi connectivity index (χ0n) is 11.4. The minimum atomic E-state index is -0.308. The Bertz CT molecular complexity index is 588. The number of carbonyl (C=O) groups is 1. The average Bonchev–Trinajstić information content (AvgIpc) is 2.82. The highest BCUT2D eigenvalue weighted by molar-refractivity contribution is 5.90. The summed E-state index contributed by atoms with van der Waals surface area (Å²) in [5, 5.41) is 3.36. The Morgan fingerprint density at radius 1 is 1.37 bits per heavy atom. The van der Waals surface area contributed by atoms with Crippen molar-refractivity contribution in [1.29, 1.82) is 0 Å². The maximum Gasteiger partial charge on any atom is 0.337 e. The van der Waals surface area contributed by atoms with Crippen molar-refractivity contribution in [3.05, 3.63) is 53.3 Å². The zero-order chi connectivity index (χ0) is 13.8. The molecule has 0 aliphatic carbocycles. The predicted molar refractivity (Wildman–Crippen MR) is 75.3 cm³/mol. The van der Waals surface area contributed by atoms with E-state index in [-0.39, 0.29) is 5.97 Å². The number of nitrogens with zero attached hydrogens (tertiary/aromatic N) is 1. The van der Waals surface area contributed by atoms with Crippen LogP contribution in [0.1, 0.15) is 21.5 Å². The molecule has 0 bridgehead atoms. The van der Waals surface area contributed by atoms with Crippen molar-refractivity contribution in [2.45, 2.75) is 13.5 Å². The average molecular weight is 258 g/mol. The van der Waals surface area contributed by atoms with Crippen molar-refractivity contribution < 1.29 is 9.53 Å². The number of aryl methyl sites for hydroxylation is 2. The van der Waals surface area contributed by atoms with Crippen LogP contribution in [0.5, 0.6) is 0 Å². The molecule has 0 fully saturated rings. The van der Waals surface area contributed by atoms with Crippen molar-refractivity contribution in [2.75, 3.05) is 12.4 Å². The first kappa shape index (κ1) is 13.2. The first-order valence-electron chi connectivity index (χ1n) is 6.14. The molecule has 0 radical (unpaired) electrons. The van der Waals surface area contributed by atoms with Crippen LogP contribution in [0.3, 0.4) is 0 Å². The normalized spacial score (nSPS) is 10.3. The summed E-state index contributed by atoms with van der Waals surface area (Å²) in [6, 6.07) is 7.58. The molecule has 1 aromatic heterocycles. The van der Waals surface area contributed by atoms with Gasteiger partial charge < -0.3 is 14.6 Å². The highest BCUT2D eigenvalue weighted by Crippen LogP contribution is 2.18. The highest BCUT2D eigenvalue weighted by Gasteiger charge is 2.07. The van der Waals surface area contributed by atoms with Crippen LogP contribution >= 0.6 is 0 Å². The minimum Gasteiger partial charge on any atom is -0.465 e. The standard InChI is InChI=1S/C15H18N2O2/c1-11-8-13(15(18)19-3)4-5-14(11)16-9-12-6-7-17(2)10-12/h4-8,10,16H,9H2,1-3H3. The molecule has 1 heterocycles. The second kappa shape index (κ2) is 5.61. The van der Waals surface area contributed by atoms with Gasteiger partial charge in [-0.05, 0) is 42.3 Å². The van der Waals surface area contributed by atoms with Gasteiger partial charge in [-0.25, -0.2) is 4.79 Å². The van der Waals surface area contributed by atoms with Gasteiger partial charge in [0.2, 0.25) is 0 Å². The SMILES string of the molecule is COC(=O)c1ccc(NCc2ccn(C)c2)c(C)c1. The van der Waals surface area contributed by atoms with E-state index in [9.17, 15) is 4.79 Å². The molecule has 1 aromatic carbocycles. The van der Waals surface area contributed by atoms with Crippen LogP contribution in [0.15, 0.2) is 36.7 Å². The number of anilines is 1. The molecule has 4 heteroatoms. The van der Waals surface area contributed by atoms with Crippen molar-refractivity contribution in [2.24, 2.45) is 7.05 Å². The number of esters is 1.